The summed E-state index contributed by atoms with van der Waals surface area (Å²) >= 11 is 9.07. The Bertz CT molecular complexity index is 568. The molecule has 0 radical (unpaired) electrons. The van der Waals surface area contributed by atoms with Crippen LogP contribution in [0.15, 0.2) is 45.5 Å². The van der Waals surface area contributed by atoms with Crippen molar-refractivity contribution in [1.29, 1.82) is 0 Å². The first-order valence-electron chi connectivity index (χ1n) is 5.31. The number of hydrogen-bond acceptors (Lipinski definition) is 2. The molecular weight excluding hydrogens is 318 g/mol. The Morgan fingerprint density at radius 3 is 2.78 bits per heavy atom. The number of halogens is 2. The summed E-state index contributed by atoms with van der Waals surface area (Å²) in [6.07, 6.45) is 0. The first kappa shape index (κ1) is 13.2. The summed E-state index contributed by atoms with van der Waals surface area (Å²) in [4.78, 5) is 13.6. The van der Waals surface area contributed by atoms with E-state index >= 15 is 0 Å². The summed E-state index contributed by atoms with van der Waals surface area (Å²) in [5, 5.41) is 0.661. The number of nitrogens with zero attached hydrogens (tertiary/aromatic N) is 1. The standard InChI is InChI=1S/C13H11BrClNO2/c1-16(8-9-3-2-4-10(15)7-9)13(17)11-5-6-12(14)18-11/h2-7H,8H2,1H3. The van der Waals surface area contributed by atoms with Crippen LogP contribution in [0, 0.1) is 0 Å². The second kappa shape index (κ2) is 5.59. The number of carbonyl (C=O) groups is 1. The Kier molecular flexibility index (Phi) is 4.09. The molecular formula is C13H11BrClNO2. The van der Waals surface area contributed by atoms with E-state index in [2.05, 4.69) is 15.9 Å². The fourth-order valence-corrected chi connectivity index (χ4v) is 2.12. The highest BCUT2D eigenvalue weighted by atomic mass is 79.9. The fraction of sp³-hybridized carbons (Fsp3) is 0.154. The number of carbonyl (C=O) groups excluding carboxylic acids is 1. The number of hydrogen-bond donors (Lipinski definition) is 0. The minimum atomic E-state index is -0.166. The molecule has 1 aromatic heterocycles. The van der Waals surface area contributed by atoms with Gasteiger partial charge in [0.25, 0.3) is 5.91 Å². The molecule has 0 aliphatic carbocycles. The van der Waals surface area contributed by atoms with E-state index in [1.807, 2.05) is 18.2 Å². The molecule has 0 fully saturated rings. The molecule has 5 heteroatoms. The lowest BCUT2D eigenvalue weighted by Crippen LogP contribution is -2.25. The predicted octanol–water partition coefficient (Wildman–Crippen LogP) is 3.97. The molecule has 18 heavy (non-hydrogen) atoms. The zero-order chi connectivity index (χ0) is 13.1. The summed E-state index contributed by atoms with van der Waals surface area (Å²) in [6.45, 7) is 0.484. The van der Waals surface area contributed by atoms with E-state index in [0.717, 1.165) is 5.56 Å². The Morgan fingerprint density at radius 2 is 2.17 bits per heavy atom. The number of furan rings is 1. The average Bonchev–Trinajstić information content (AvgIpc) is 2.75. The Balaban J connectivity index is 2.08. The van der Waals surface area contributed by atoms with E-state index < -0.39 is 0 Å². The molecule has 94 valence electrons. The maximum Gasteiger partial charge on any atom is 0.289 e. The predicted molar refractivity (Wildman–Crippen MR) is 73.7 cm³/mol. The fourth-order valence-electron chi connectivity index (χ4n) is 1.60. The largest absolute Gasteiger partial charge is 0.444 e. The lowest BCUT2D eigenvalue weighted by Gasteiger charge is -2.15. The molecule has 0 bridgehead atoms. The molecule has 1 heterocycles. The second-order valence-corrected chi connectivity index (χ2v) is 5.11. The Hall–Kier alpha value is -1.26. The van der Waals surface area contributed by atoms with Crippen molar-refractivity contribution >= 4 is 33.4 Å². The van der Waals surface area contributed by atoms with Gasteiger partial charge in [0.1, 0.15) is 0 Å². The number of benzene rings is 1. The van der Waals surface area contributed by atoms with Gasteiger partial charge in [-0.15, -0.1) is 0 Å². The van der Waals surface area contributed by atoms with Gasteiger partial charge in [-0.05, 0) is 45.8 Å². The van der Waals surface area contributed by atoms with Gasteiger partial charge in [-0.25, -0.2) is 0 Å². The average molecular weight is 329 g/mol. The van der Waals surface area contributed by atoms with Crippen LogP contribution in [-0.2, 0) is 6.54 Å². The third-order valence-corrected chi connectivity index (χ3v) is 3.10. The van der Waals surface area contributed by atoms with E-state index in [1.165, 1.54) is 0 Å². The molecule has 0 saturated carbocycles. The normalized spacial score (nSPS) is 10.4. The van der Waals surface area contributed by atoms with Crippen LogP contribution < -0.4 is 0 Å². The molecule has 0 spiro atoms. The zero-order valence-corrected chi connectivity index (χ0v) is 12.0. The Labute approximate surface area is 118 Å². The van der Waals surface area contributed by atoms with Crippen LogP contribution in [0.5, 0.6) is 0 Å². The molecule has 1 amide bonds. The SMILES string of the molecule is CN(Cc1cccc(Cl)c1)C(=O)c1ccc(Br)o1. The highest BCUT2D eigenvalue weighted by Crippen LogP contribution is 2.17. The quantitative estimate of drug-likeness (QED) is 0.854. The second-order valence-electron chi connectivity index (χ2n) is 3.89. The maximum atomic E-state index is 12.0. The summed E-state index contributed by atoms with van der Waals surface area (Å²) in [5.41, 5.74) is 0.976. The minimum Gasteiger partial charge on any atom is -0.444 e. The van der Waals surface area contributed by atoms with Crippen molar-refractivity contribution < 1.29 is 9.21 Å². The van der Waals surface area contributed by atoms with E-state index in [9.17, 15) is 4.79 Å². The van der Waals surface area contributed by atoms with Crippen LogP contribution in [0.25, 0.3) is 0 Å². The molecule has 2 aromatic rings. The molecule has 2 rings (SSSR count). The van der Waals surface area contributed by atoms with E-state index in [-0.39, 0.29) is 5.91 Å². The molecule has 3 nitrogen and oxygen atoms in total. The first-order valence-corrected chi connectivity index (χ1v) is 6.48. The van der Waals surface area contributed by atoms with Gasteiger partial charge < -0.3 is 9.32 Å². The van der Waals surface area contributed by atoms with Crippen molar-refractivity contribution in [3.05, 3.63) is 57.4 Å². The van der Waals surface area contributed by atoms with Crippen LogP contribution in [-0.4, -0.2) is 17.9 Å². The van der Waals surface area contributed by atoms with Crippen LogP contribution in [0.2, 0.25) is 5.02 Å². The van der Waals surface area contributed by atoms with Crippen LogP contribution in [0.1, 0.15) is 16.1 Å². The highest BCUT2D eigenvalue weighted by molar-refractivity contribution is 9.10. The maximum absolute atomic E-state index is 12.0. The van der Waals surface area contributed by atoms with Gasteiger partial charge in [-0.3, -0.25) is 4.79 Å². The number of amides is 1. The third-order valence-electron chi connectivity index (χ3n) is 2.44. The number of rotatable bonds is 3. The van der Waals surface area contributed by atoms with Gasteiger partial charge in [0.15, 0.2) is 10.4 Å². The summed E-state index contributed by atoms with van der Waals surface area (Å²) in [5.74, 6) is 0.145. The van der Waals surface area contributed by atoms with Gasteiger partial charge in [0.05, 0.1) is 0 Å². The summed E-state index contributed by atoms with van der Waals surface area (Å²) in [7, 11) is 1.72. The van der Waals surface area contributed by atoms with Gasteiger partial charge in [0.2, 0.25) is 0 Å². The molecule has 0 N–H and O–H groups in total. The monoisotopic (exact) mass is 327 g/mol. The zero-order valence-electron chi connectivity index (χ0n) is 9.69. The molecule has 0 aliphatic rings. The van der Waals surface area contributed by atoms with Crippen LogP contribution in [0.3, 0.4) is 0 Å². The summed E-state index contributed by atoms with van der Waals surface area (Å²) < 4.78 is 5.77. The van der Waals surface area contributed by atoms with Gasteiger partial charge in [-0.1, -0.05) is 23.7 Å². The van der Waals surface area contributed by atoms with E-state index in [0.29, 0.717) is 22.0 Å². The van der Waals surface area contributed by atoms with Crippen molar-refractivity contribution in [2.45, 2.75) is 6.54 Å². The first-order chi connectivity index (χ1) is 8.56. The minimum absolute atomic E-state index is 0.166. The molecule has 0 atom stereocenters. The van der Waals surface area contributed by atoms with Gasteiger partial charge in [-0.2, -0.15) is 0 Å². The smallest absolute Gasteiger partial charge is 0.289 e. The third kappa shape index (κ3) is 3.15. The van der Waals surface area contributed by atoms with Crippen molar-refractivity contribution in [2.24, 2.45) is 0 Å². The molecule has 0 saturated heterocycles. The topological polar surface area (TPSA) is 33.5 Å². The Morgan fingerprint density at radius 1 is 1.39 bits per heavy atom. The van der Waals surface area contributed by atoms with Crippen molar-refractivity contribution in [2.75, 3.05) is 7.05 Å². The lowest BCUT2D eigenvalue weighted by atomic mass is 10.2. The molecule has 0 aliphatic heterocycles. The molecule has 0 unspecified atom stereocenters. The van der Waals surface area contributed by atoms with Crippen molar-refractivity contribution in [1.82, 2.24) is 4.90 Å². The highest BCUT2D eigenvalue weighted by Gasteiger charge is 2.15. The lowest BCUT2D eigenvalue weighted by molar-refractivity contribution is 0.0752. The van der Waals surface area contributed by atoms with Crippen molar-refractivity contribution in [3.63, 3.8) is 0 Å². The summed E-state index contributed by atoms with van der Waals surface area (Å²) in [6, 6.07) is 10.8. The van der Waals surface area contributed by atoms with Crippen LogP contribution >= 0.6 is 27.5 Å². The van der Waals surface area contributed by atoms with E-state index in [1.54, 1.807) is 30.1 Å². The molecule has 1 aromatic carbocycles. The van der Waals surface area contributed by atoms with Crippen LogP contribution in [0.4, 0.5) is 0 Å². The van der Waals surface area contributed by atoms with Gasteiger partial charge >= 0.3 is 0 Å². The van der Waals surface area contributed by atoms with E-state index in [4.69, 9.17) is 16.0 Å². The van der Waals surface area contributed by atoms with Gasteiger partial charge in [0, 0.05) is 18.6 Å². The van der Waals surface area contributed by atoms with Crippen molar-refractivity contribution in [3.8, 4) is 0 Å².